The molecule has 0 fully saturated rings. The number of thiazole rings is 1. The van der Waals surface area contributed by atoms with E-state index in [-0.39, 0.29) is 5.91 Å². The Kier molecular flexibility index (Phi) is 7.74. The zero-order chi connectivity index (χ0) is 21.5. The molecule has 0 bridgehead atoms. The number of hydrogen-bond acceptors (Lipinski definition) is 5. The maximum Gasteiger partial charge on any atom is 0.250 e. The molecule has 0 aliphatic rings. The lowest BCUT2D eigenvalue weighted by molar-refractivity contribution is -0.111. The number of carbonyl (C=O) groups excluding carboxylic acids is 1. The molecule has 3 rings (SSSR count). The molecule has 5 nitrogen and oxygen atoms in total. The van der Waals surface area contributed by atoms with Crippen LogP contribution in [0.3, 0.4) is 0 Å². The van der Waals surface area contributed by atoms with Crippen LogP contribution >= 0.6 is 34.5 Å². The zero-order valence-corrected chi connectivity index (χ0v) is 18.8. The van der Waals surface area contributed by atoms with Crippen LogP contribution < -0.4 is 14.8 Å². The van der Waals surface area contributed by atoms with Gasteiger partial charge in [-0.25, -0.2) is 4.98 Å². The molecule has 0 aliphatic carbocycles. The number of amides is 1. The van der Waals surface area contributed by atoms with Crippen molar-refractivity contribution >= 4 is 51.7 Å². The van der Waals surface area contributed by atoms with Gasteiger partial charge in [-0.3, -0.25) is 10.1 Å². The van der Waals surface area contributed by atoms with Crippen molar-refractivity contribution in [3.05, 3.63) is 63.5 Å². The standard InChI is InChI=1S/C22H20Cl2N2O3S/c1-3-10-29-19-8-4-14(11-20(19)28-2)5-9-21(27)26-22-25-18(13-30-22)16-7-6-15(23)12-17(16)24/h4-9,11-13H,3,10H2,1-2H3,(H,25,26,27)/b9-5+. The van der Waals surface area contributed by atoms with Crippen molar-refractivity contribution in [1.82, 2.24) is 4.98 Å². The fourth-order valence-electron chi connectivity index (χ4n) is 2.59. The summed E-state index contributed by atoms with van der Waals surface area (Å²) < 4.78 is 11.0. The average Bonchev–Trinajstić information content (AvgIpc) is 3.18. The highest BCUT2D eigenvalue weighted by Gasteiger charge is 2.10. The highest BCUT2D eigenvalue weighted by atomic mass is 35.5. The van der Waals surface area contributed by atoms with Crippen molar-refractivity contribution in [3.63, 3.8) is 0 Å². The molecular weight excluding hydrogens is 443 g/mol. The van der Waals surface area contributed by atoms with Crippen molar-refractivity contribution in [2.45, 2.75) is 13.3 Å². The fourth-order valence-corrected chi connectivity index (χ4v) is 3.81. The first kappa shape index (κ1) is 22.2. The molecule has 2 aromatic carbocycles. The second kappa shape index (κ2) is 10.5. The SMILES string of the molecule is CCCOc1ccc(/C=C/C(=O)Nc2nc(-c3ccc(Cl)cc3Cl)cs2)cc1OC. The topological polar surface area (TPSA) is 60.5 Å². The summed E-state index contributed by atoms with van der Waals surface area (Å²) in [7, 11) is 1.58. The van der Waals surface area contributed by atoms with Gasteiger partial charge in [0, 0.05) is 22.0 Å². The van der Waals surface area contributed by atoms with Crippen molar-refractivity contribution < 1.29 is 14.3 Å². The van der Waals surface area contributed by atoms with Gasteiger partial charge in [0.1, 0.15) is 0 Å². The van der Waals surface area contributed by atoms with Gasteiger partial charge >= 0.3 is 0 Å². The van der Waals surface area contributed by atoms with Crippen molar-refractivity contribution in [2.24, 2.45) is 0 Å². The van der Waals surface area contributed by atoms with Crippen molar-refractivity contribution in [2.75, 3.05) is 19.0 Å². The Morgan fingerprint density at radius 3 is 2.77 bits per heavy atom. The van der Waals surface area contributed by atoms with Gasteiger partial charge in [-0.15, -0.1) is 11.3 Å². The first-order valence-electron chi connectivity index (χ1n) is 9.21. The first-order chi connectivity index (χ1) is 14.5. The summed E-state index contributed by atoms with van der Waals surface area (Å²) in [5, 5.41) is 6.12. The number of hydrogen-bond donors (Lipinski definition) is 1. The minimum absolute atomic E-state index is 0.289. The molecule has 1 aromatic heterocycles. The quantitative estimate of drug-likeness (QED) is 0.384. The summed E-state index contributed by atoms with van der Waals surface area (Å²) in [5.41, 5.74) is 2.25. The normalized spacial score (nSPS) is 10.9. The lowest BCUT2D eigenvalue weighted by atomic mass is 10.2. The monoisotopic (exact) mass is 462 g/mol. The molecule has 3 aromatic rings. The summed E-state index contributed by atoms with van der Waals surface area (Å²) in [5.74, 6) is 1.01. The van der Waals surface area contributed by atoms with Crippen LogP contribution in [0.15, 0.2) is 47.9 Å². The van der Waals surface area contributed by atoms with E-state index in [0.717, 1.165) is 17.5 Å². The van der Waals surface area contributed by atoms with Crippen LogP contribution in [-0.4, -0.2) is 24.6 Å². The average molecular weight is 463 g/mol. The molecule has 30 heavy (non-hydrogen) atoms. The van der Waals surface area contributed by atoms with Crippen molar-refractivity contribution in [3.8, 4) is 22.8 Å². The minimum atomic E-state index is -0.289. The van der Waals surface area contributed by atoms with Crippen LogP contribution in [0.2, 0.25) is 10.0 Å². The minimum Gasteiger partial charge on any atom is -0.493 e. The lowest BCUT2D eigenvalue weighted by Gasteiger charge is -2.10. The largest absolute Gasteiger partial charge is 0.493 e. The van der Waals surface area contributed by atoms with Gasteiger partial charge in [0.2, 0.25) is 5.91 Å². The number of nitrogens with one attached hydrogen (secondary N) is 1. The molecule has 0 unspecified atom stereocenters. The van der Waals surface area contributed by atoms with E-state index in [2.05, 4.69) is 10.3 Å². The Balaban J connectivity index is 1.66. The third-order valence-corrected chi connectivity index (χ3v) is 5.32. The lowest BCUT2D eigenvalue weighted by Crippen LogP contribution is -2.07. The predicted octanol–water partition coefficient (Wildman–Crippen LogP) is 6.57. The molecule has 1 amide bonds. The molecule has 0 saturated heterocycles. The van der Waals surface area contributed by atoms with Gasteiger partial charge in [0.15, 0.2) is 16.6 Å². The van der Waals surface area contributed by atoms with Gasteiger partial charge < -0.3 is 9.47 Å². The Labute approximate surface area is 189 Å². The van der Waals surface area contributed by atoms with E-state index >= 15 is 0 Å². The number of nitrogens with zero attached hydrogens (tertiary/aromatic N) is 1. The highest BCUT2D eigenvalue weighted by molar-refractivity contribution is 7.14. The molecular formula is C22H20Cl2N2O3S. The number of methoxy groups -OCH3 is 1. The van der Waals surface area contributed by atoms with E-state index in [4.69, 9.17) is 32.7 Å². The summed E-state index contributed by atoms with van der Waals surface area (Å²) in [6, 6.07) is 10.7. The number of halogens is 2. The molecule has 0 spiro atoms. The van der Waals surface area contributed by atoms with Gasteiger partial charge in [-0.2, -0.15) is 0 Å². The fraction of sp³-hybridized carbons (Fsp3) is 0.182. The van der Waals surface area contributed by atoms with Gasteiger partial charge in [-0.1, -0.05) is 36.2 Å². The van der Waals surface area contributed by atoms with Crippen molar-refractivity contribution in [1.29, 1.82) is 0 Å². The van der Waals surface area contributed by atoms with E-state index in [1.165, 1.54) is 17.4 Å². The molecule has 1 heterocycles. The van der Waals surface area contributed by atoms with Crippen LogP contribution in [0.5, 0.6) is 11.5 Å². The van der Waals surface area contributed by atoms with E-state index in [9.17, 15) is 4.79 Å². The Bertz CT molecular complexity index is 1070. The van der Waals surface area contributed by atoms with E-state index in [1.807, 2.05) is 30.5 Å². The first-order valence-corrected chi connectivity index (χ1v) is 10.8. The van der Waals surface area contributed by atoms with E-state index in [0.29, 0.717) is 39.0 Å². The second-order valence-corrected chi connectivity index (χ2v) is 7.95. The van der Waals surface area contributed by atoms with Crippen LogP contribution in [0.4, 0.5) is 5.13 Å². The molecule has 0 radical (unpaired) electrons. The van der Waals surface area contributed by atoms with E-state index < -0.39 is 0 Å². The number of ether oxygens (including phenoxy) is 2. The van der Waals surface area contributed by atoms with Crippen LogP contribution in [0.25, 0.3) is 17.3 Å². The Morgan fingerprint density at radius 2 is 2.03 bits per heavy atom. The number of anilines is 1. The molecule has 0 aliphatic heterocycles. The third-order valence-electron chi connectivity index (χ3n) is 4.02. The number of rotatable bonds is 8. The summed E-state index contributed by atoms with van der Waals surface area (Å²) >= 11 is 13.5. The van der Waals surface area contributed by atoms with E-state index in [1.54, 1.807) is 31.4 Å². The smallest absolute Gasteiger partial charge is 0.250 e. The second-order valence-electron chi connectivity index (χ2n) is 6.24. The number of aromatic nitrogens is 1. The Hall–Kier alpha value is -2.54. The highest BCUT2D eigenvalue weighted by Crippen LogP contribution is 2.32. The summed E-state index contributed by atoms with van der Waals surface area (Å²) in [4.78, 5) is 16.7. The predicted molar refractivity (Wildman–Crippen MR) is 124 cm³/mol. The molecule has 1 N–H and O–H groups in total. The zero-order valence-electron chi connectivity index (χ0n) is 16.4. The van der Waals surface area contributed by atoms with Crippen LogP contribution in [0, 0.1) is 0 Å². The maximum atomic E-state index is 12.3. The summed E-state index contributed by atoms with van der Waals surface area (Å²) in [6.07, 6.45) is 4.05. The molecule has 156 valence electrons. The third kappa shape index (κ3) is 5.75. The van der Waals surface area contributed by atoms with Crippen LogP contribution in [-0.2, 0) is 4.79 Å². The number of benzene rings is 2. The van der Waals surface area contributed by atoms with Gasteiger partial charge in [0.05, 0.1) is 24.4 Å². The summed E-state index contributed by atoms with van der Waals surface area (Å²) in [6.45, 7) is 2.66. The van der Waals surface area contributed by atoms with Crippen LogP contribution in [0.1, 0.15) is 18.9 Å². The molecule has 0 saturated carbocycles. The Morgan fingerprint density at radius 1 is 1.20 bits per heavy atom. The van der Waals surface area contributed by atoms with Gasteiger partial charge in [-0.05, 0) is 48.4 Å². The molecule has 8 heteroatoms. The number of carbonyl (C=O) groups is 1. The maximum absolute atomic E-state index is 12.3. The van der Waals surface area contributed by atoms with Gasteiger partial charge in [0.25, 0.3) is 0 Å². The molecule has 0 atom stereocenters.